The first-order valence-electron chi connectivity index (χ1n) is 12.4. The molecule has 0 unspecified atom stereocenters. The summed E-state index contributed by atoms with van der Waals surface area (Å²) in [5, 5.41) is 5.98. The van der Waals surface area contributed by atoms with Crippen molar-refractivity contribution in [2.24, 2.45) is 0 Å². The van der Waals surface area contributed by atoms with Gasteiger partial charge in [-0.25, -0.2) is 4.98 Å². The number of nitrogens with one attached hydrogen (secondary N) is 1. The zero-order valence-electron chi connectivity index (χ0n) is 20.8. The predicted octanol–water partition coefficient (Wildman–Crippen LogP) is 6.52. The molecule has 0 bridgehead atoms. The number of piperidine rings is 1. The first-order chi connectivity index (χ1) is 17.6. The Bertz CT molecular complexity index is 1310. The number of benzene rings is 2. The zero-order valence-corrected chi connectivity index (χ0v) is 21.6. The Balaban J connectivity index is 1.27. The summed E-state index contributed by atoms with van der Waals surface area (Å²) in [5.41, 5.74) is 6.67. The first kappa shape index (κ1) is 24.2. The summed E-state index contributed by atoms with van der Waals surface area (Å²) in [6.45, 7) is 5.35. The number of pyridine rings is 1. The van der Waals surface area contributed by atoms with Crippen molar-refractivity contribution in [3.05, 3.63) is 89.1 Å². The van der Waals surface area contributed by atoms with Gasteiger partial charge in [0.15, 0.2) is 5.13 Å². The van der Waals surface area contributed by atoms with Gasteiger partial charge >= 0.3 is 0 Å². The molecule has 0 aliphatic carbocycles. The molecular weight excluding hydrogens is 466 g/mol. The fraction of sp³-hybridized carbons (Fsp3) is 0.276. The van der Waals surface area contributed by atoms with Crippen LogP contribution < -0.4 is 10.2 Å². The molecule has 4 aromatic rings. The van der Waals surface area contributed by atoms with Gasteiger partial charge in [0.05, 0.1) is 5.69 Å². The van der Waals surface area contributed by atoms with Gasteiger partial charge in [-0.2, -0.15) is 0 Å². The second kappa shape index (κ2) is 11.0. The van der Waals surface area contributed by atoms with E-state index < -0.39 is 0 Å². The third kappa shape index (κ3) is 5.64. The highest BCUT2D eigenvalue weighted by atomic mass is 32.1. The Hall–Kier alpha value is -3.55. The molecule has 184 valence electrons. The highest BCUT2D eigenvalue weighted by molar-refractivity contribution is 7.14. The van der Waals surface area contributed by atoms with Crippen molar-refractivity contribution in [3.8, 4) is 11.3 Å². The molecule has 1 aliphatic heterocycles. The van der Waals surface area contributed by atoms with Gasteiger partial charge in [-0.05, 0) is 80.4 Å². The monoisotopic (exact) mass is 497 g/mol. The minimum Gasteiger partial charge on any atom is -0.322 e. The zero-order chi connectivity index (χ0) is 24.9. The number of thiazole rings is 1. The summed E-state index contributed by atoms with van der Waals surface area (Å²) in [7, 11) is 2.00. The van der Waals surface area contributed by atoms with Gasteiger partial charge in [0.1, 0.15) is 0 Å². The maximum absolute atomic E-state index is 13.0. The maximum atomic E-state index is 13.0. The van der Waals surface area contributed by atoms with Crippen LogP contribution >= 0.6 is 11.3 Å². The van der Waals surface area contributed by atoms with E-state index in [0.29, 0.717) is 5.56 Å². The van der Waals surface area contributed by atoms with E-state index in [1.54, 1.807) is 17.5 Å². The van der Waals surface area contributed by atoms with E-state index in [-0.39, 0.29) is 5.91 Å². The second-order valence-electron chi connectivity index (χ2n) is 9.31. The molecule has 5 rings (SSSR count). The van der Waals surface area contributed by atoms with E-state index in [0.717, 1.165) is 53.0 Å². The van der Waals surface area contributed by atoms with E-state index in [9.17, 15) is 4.79 Å². The molecular formula is C29H31N5OS. The molecule has 1 aliphatic rings. The number of hydrogen-bond donors (Lipinski definition) is 1. The van der Waals surface area contributed by atoms with E-state index in [2.05, 4.69) is 39.2 Å². The molecule has 1 amide bonds. The predicted molar refractivity (Wildman–Crippen MR) is 148 cm³/mol. The van der Waals surface area contributed by atoms with Crippen molar-refractivity contribution in [1.82, 2.24) is 14.9 Å². The first-order valence-corrected chi connectivity index (χ1v) is 13.3. The number of nitrogens with zero attached hydrogens (tertiary/aromatic N) is 4. The molecule has 1 N–H and O–H groups in total. The van der Waals surface area contributed by atoms with Crippen molar-refractivity contribution in [2.45, 2.75) is 32.7 Å². The van der Waals surface area contributed by atoms with Crippen molar-refractivity contribution < 1.29 is 4.79 Å². The molecule has 3 heterocycles. The van der Waals surface area contributed by atoms with E-state index >= 15 is 0 Å². The minimum absolute atomic E-state index is 0.106. The van der Waals surface area contributed by atoms with Gasteiger partial charge in [0, 0.05) is 53.9 Å². The van der Waals surface area contributed by atoms with E-state index in [1.165, 1.54) is 24.8 Å². The van der Waals surface area contributed by atoms with Crippen LogP contribution in [0.15, 0.2) is 72.4 Å². The summed E-state index contributed by atoms with van der Waals surface area (Å²) >= 11 is 1.58. The standard InChI is InChI=1S/C29H31N5OS/c1-21-8-13-25(17-27(21)33(2)29-32-26(20-36-29)24-7-6-14-30-18-24)31-28(35)23-11-9-22(10-12-23)19-34-15-4-3-5-16-34/h6-14,17-18,20H,3-5,15-16,19H2,1-2H3,(H,31,35). The Morgan fingerprint density at radius 1 is 1.08 bits per heavy atom. The number of amides is 1. The van der Waals surface area contributed by atoms with Crippen molar-refractivity contribution in [1.29, 1.82) is 0 Å². The number of aryl methyl sites for hydroxylation is 1. The Morgan fingerprint density at radius 2 is 1.89 bits per heavy atom. The minimum atomic E-state index is -0.106. The average Bonchev–Trinajstić information content (AvgIpc) is 3.41. The van der Waals surface area contributed by atoms with Crippen LogP contribution in [-0.4, -0.2) is 40.9 Å². The number of aromatic nitrogens is 2. The van der Waals surface area contributed by atoms with Crippen molar-refractivity contribution >= 4 is 33.8 Å². The topological polar surface area (TPSA) is 61.4 Å². The summed E-state index contributed by atoms with van der Waals surface area (Å²) in [5.74, 6) is -0.106. The summed E-state index contributed by atoms with van der Waals surface area (Å²) in [6, 6.07) is 17.9. The molecule has 0 atom stereocenters. The third-order valence-corrected chi connectivity index (χ3v) is 7.55. The second-order valence-corrected chi connectivity index (χ2v) is 10.1. The van der Waals surface area contributed by atoms with Crippen LogP contribution in [0.5, 0.6) is 0 Å². The quantitative estimate of drug-likeness (QED) is 0.315. The van der Waals surface area contributed by atoms with Crippen LogP contribution in [0.2, 0.25) is 0 Å². The van der Waals surface area contributed by atoms with E-state index in [1.807, 2.05) is 61.1 Å². The highest BCUT2D eigenvalue weighted by Gasteiger charge is 2.15. The third-order valence-electron chi connectivity index (χ3n) is 6.64. The Kier molecular flexibility index (Phi) is 7.39. The molecule has 6 nitrogen and oxygen atoms in total. The van der Waals surface area contributed by atoms with Crippen molar-refractivity contribution in [3.63, 3.8) is 0 Å². The Morgan fingerprint density at radius 3 is 2.64 bits per heavy atom. The number of hydrogen-bond acceptors (Lipinski definition) is 6. The van der Waals surface area contributed by atoms with Gasteiger partial charge in [0.25, 0.3) is 5.91 Å². The number of rotatable bonds is 7. The molecule has 1 fully saturated rings. The number of carbonyl (C=O) groups is 1. The Labute approximate surface area is 216 Å². The maximum Gasteiger partial charge on any atom is 0.255 e. The lowest BCUT2D eigenvalue weighted by molar-refractivity contribution is 0.102. The van der Waals surface area contributed by atoms with Crippen LogP contribution in [0.3, 0.4) is 0 Å². The number of carbonyl (C=O) groups excluding carboxylic acids is 1. The molecule has 0 spiro atoms. The van der Waals surface area contributed by atoms with Crippen LogP contribution in [0.25, 0.3) is 11.3 Å². The smallest absolute Gasteiger partial charge is 0.255 e. The van der Waals surface area contributed by atoms with Crippen LogP contribution in [0.4, 0.5) is 16.5 Å². The van der Waals surface area contributed by atoms with E-state index in [4.69, 9.17) is 4.98 Å². The average molecular weight is 498 g/mol. The largest absolute Gasteiger partial charge is 0.322 e. The summed E-state index contributed by atoms with van der Waals surface area (Å²) in [4.78, 5) is 26.5. The lowest BCUT2D eigenvalue weighted by Gasteiger charge is -2.26. The molecule has 1 saturated heterocycles. The van der Waals surface area contributed by atoms with Crippen LogP contribution in [-0.2, 0) is 6.54 Å². The number of anilines is 3. The van der Waals surface area contributed by atoms with Gasteiger partial charge in [-0.15, -0.1) is 11.3 Å². The lowest BCUT2D eigenvalue weighted by atomic mass is 10.1. The normalized spacial score (nSPS) is 13.9. The highest BCUT2D eigenvalue weighted by Crippen LogP contribution is 2.33. The van der Waals surface area contributed by atoms with Gasteiger partial charge in [-0.3, -0.25) is 14.7 Å². The fourth-order valence-corrected chi connectivity index (χ4v) is 5.37. The number of likely N-dealkylation sites (tertiary alicyclic amines) is 1. The SMILES string of the molecule is Cc1ccc(NC(=O)c2ccc(CN3CCCCC3)cc2)cc1N(C)c1nc(-c2cccnc2)cs1. The van der Waals surface area contributed by atoms with Crippen LogP contribution in [0.1, 0.15) is 40.7 Å². The molecule has 2 aromatic carbocycles. The van der Waals surface area contributed by atoms with Gasteiger partial charge < -0.3 is 10.2 Å². The lowest BCUT2D eigenvalue weighted by Crippen LogP contribution is -2.29. The van der Waals surface area contributed by atoms with Crippen molar-refractivity contribution in [2.75, 3.05) is 30.4 Å². The molecule has 0 saturated carbocycles. The molecule has 2 aromatic heterocycles. The molecule has 0 radical (unpaired) electrons. The molecule has 36 heavy (non-hydrogen) atoms. The van der Waals surface area contributed by atoms with Crippen LogP contribution in [0, 0.1) is 6.92 Å². The fourth-order valence-electron chi connectivity index (χ4n) is 4.56. The van der Waals surface area contributed by atoms with Gasteiger partial charge in [-0.1, -0.05) is 24.6 Å². The molecule has 7 heteroatoms. The summed E-state index contributed by atoms with van der Waals surface area (Å²) in [6.07, 6.45) is 7.48. The van der Waals surface area contributed by atoms with Gasteiger partial charge in [0.2, 0.25) is 0 Å². The summed E-state index contributed by atoms with van der Waals surface area (Å²) < 4.78 is 0.